The normalized spacial score (nSPS) is 26.3. The molecule has 106 valence electrons. The van der Waals surface area contributed by atoms with Crippen LogP contribution in [0.1, 0.15) is 45.4 Å². The quantitative estimate of drug-likeness (QED) is 0.715. The first-order valence-electron chi connectivity index (χ1n) is 7.00. The van der Waals surface area contributed by atoms with E-state index in [-0.39, 0.29) is 16.9 Å². The third kappa shape index (κ3) is 5.06. The van der Waals surface area contributed by atoms with Crippen molar-refractivity contribution >= 4 is 16.7 Å². The summed E-state index contributed by atoms with van der Waals surface area (Å²) in [5.41, 5.74) is 0. The minimum atomic E-state index is -1.06. The van der Waals surface area contributed by atoms with Gasteiger partial charge in [0.15, 0.2) is 0 Å². The van der Waals surface area contributed by atoms with Crippen LogP contribution < -0.4 is 10.6 Å². The van der Waals surface area contributed by atoms with E-state index in [1.165, 1.54) is 12.8 Å². The molecular weight excluding hydrogens is 248 g/mol. The molecule has 1 aliphatic carbocycles. The molecular formula is C13H26N2O2S. The number of carbonyl (C=O) groups is 1. The van der Waals surface area contributed by atoms with Crippen LogP contribution in [0.25, 0.3) is 0 Å². The van der Waals surface area contributed by atoms with E-state index in [2.05, 4.69) is 17.6 Å². The number of nitrogens with one attached hydrogen (secondary N) is 2. The second-order valence-corrected chi connectivity index (χ2v) is 6.59. The minimum absolute atomic E-state index is 0.119. The molecule has 0 spiro atoms. The molecule has 5 heteroatoms. The van der Waals surface area contributed by atoms with Gasteiger partial charge in [0.1, 0.15) is 5.75 Å². The van der Waals surface area contributed by atoms with Gasteiger partial charge in [0, 0.05) is 23.9 Å². The monoisotopic (exact) mass is 274 g/mol. The third-order valence-electron chi connectivity index (χ3n) is 3.50. The predicted octanol–water partition coefficient (Wildman–Crippen LogP) is 1.18. The van der Waals surface area contributed by atoms with Crippen molar-refractivity contribution in [2.45, 2.75) is 56.7 Å². The van der Waals surface area contributed by atoms with E-state index in [4.69, 9.17) is 0 Å². The van der Waals surface area contributed by atoms with Crippen LogP contribution >= 0.6 is 0 Å². The summed E-state index contributed by atoms with van der Waals surface area (Å²) < 4.78 is 12.3. The molecule has 0 aromatic carbocycles. The Balaban J connectivity index is 2.59. The maximum Gasteiger partial charge on any atom is 0.232 e. The number of carbonyl (C=O) groups excluding carboxylic acids is 1. The van der Waals surface area contributed by atoms with Gasteiger partial charge >= 0.3 is 0 Å². The van der Waals surface area contributed by atoms with Gasteiger partial charge in [0.25, 0.3) is 0 Å². The Kier molecular flexibility index (Phi) is 7.51. The van der Waals surface area contributed by atoms with E-state index in [9.17, 15) is 9.00 Å². The van der Waals surface area contributed by atoms with E-state index in [0.717, 1.165) is 32.2 Å². The van der Waals surface area contributed by atoms with E-state index in [1.54, 1.807) is 7.05 Å². The first kappa shape index (κ1) is 15.6. The van der Waals surface area contributed by atoms with Gasteiger partial charge in [-0.05, 0) is 25.8 Å². The molecule has 0 aromatic heterocycles. The minimum Gasteiger partial charge on any atom is -0.358 e. The van der Waals surface area contributed by atoms with Crippen molar-refractivity contribution in [3.63, 3.8) is 0 Å². The molecule has 1 amide bonds. The summed E-state index contributed by atoms with van der Waals surface area (Å²) in [6, 6.07) is 0.318. The molecule has 0 saturated heterocycles. The predicted molar refractivity (Wildman–Crippen MR) is 76.0 cm³/mol. The molecule has 1 aliphatic rings. The van der Waals surface area contributed by atoms with Crippen LogP contribution in [0.15, 0.2) is 0 Å². The van der Waals surface area contributed by atoms with Crippen molar-refractivity contribution < 1.29 is 9.00 Å². The van der Waals surface area contributed by atoms with Crippen molar-refractivity contribution in [3.05, 3.63) is 0 Å². The van der Waals surface area contributed by atoms with Crippen molar-refractivity contribution in [2.24, 2.45) is 0 Å². The van der Waals surface area contributed by atoms with Gasteiger partial charge in [-0.3, -0.25) is 9.00 Å². The zero-order chi connectivity index (χ0) is 13.4. The Morgan fingerprint density at radius 3 is 2.67 bits per heavy atom. The Hall–Kier alpha value is -0.420. The van der Waals surface area contributed by atoms with Crippen LogP contribution in [0.3, 0.4) is 0 Å². The number of amides is 1. The molecule has 1 rings (SSSR count). The average molecular weight is 274 g/mol. The molecule has 0 heterocycles. The number of hydrogen-bond acceptors (Lipinski definition) is 3. The van der Waals surface area contributed by atoms with E-state index >= 15 is 0 Å². The van der Waals surface area contributed by atoms with Gasteiger partial charge in [-0.1, -0.05) is 26.2 Å². The van der Waals surface area contributed by atoms with Gasteiger partial charge in [-0.2, -0.15) is 0 Å². The van der Waals surface area contributed by atoms with Crippen molar-refractivity contribution in [2.75, 3.05) is 19.3 Å². The highest BCUT2D eigenvalue weighted by Gasteiger charge is 2.28. The van der Waals surface area contributed by atoms with Crippen molar-refractivity contribution in [3.8, 4) is 0 Å². The third-order valence-corrected chi connectivity index (χ3v) is 5.29. The van der Waals surface area contributed by atoms with Crippen molar-refractivity contribution in [1.82, 2.24) is 10.6 Å². The molecule has 3 unspecified atom stereocenters. The zero-order valence-corrected chi connectivity index (χ0v) is 12.4. The molecule has 2 N–H and O–H groups in total. The highest BCUT2D eigenvalue weighted by Crippen LogP contribution is 2.22. The largest absolute Gasteiger partial charge is 0.358 e. The van der Waals surface area contributed by atoms with Gasteiger partial charge in [-0.25, -0.2) is 0 Å². The molecule has 1 saturated carbocycles. The molecule has 0 bridgehead atoms. The maximum absolute atomic E-state index is 12.3. The van der Waals surface area contributed by atoms with E-state index in [0.29, 0.717) is 6.04 Å². The lowest BCUT2D eigenvalue weighted by molar-refractivity contribution is -0.118. The summed E-state index contributed by atoms with van der Waals surface area (Å²) >= 11 is 0. The van der Waals surface area contributed by atoms with Crippen LogP contribution in [0.2, 0.25) is 0 Å². The molecule has 1 fully saturated rings. The average Bonchev–Trinajstić information content (AvgIpc) is 2.61. The first-order valence-corrected chi connectivity index (χ1v) is 8.38. The molecule has 0 radical (unpaired) electrons. The lowest BCUT2D eigenvalue weighted by Crippen LogP contribution is -2.43. The second kappa shape index (κ2) is 8.64. The second-order valence-electron chi connectivity index (χ2n) is 4.94. The fourth-order valence-corrected chi connectivity index (χ4v) is 4.11. The zero-order valence-electron chi connectivity index (χ0n) is 11.5. The van der Waals surface area contributed by atoms with Crippen molar-refractivity contribution in [1.29, 1.82) is 0 Å². The van der Waals surface area contributed by atoms with Gasteiger partial charge < -0.3 is 10.6 Å². The SMILES string of the molecule is CCCNC1CCCCCC1S(=O)CC(=O)NC. The molecule has 0 aliphatic heterocycles. The summed E-state index contributed by atoms with van der Waals surface area (Å²) in [4.78, 5) is 11.3. The maximum atomic E-state index is 12.3. The molecule has 0 aromatic rings. The highest BCUT2D eigenvalue weighted by molar-refractivity contribution is 7.86. The number of hydrogen-bond donors (Lipinski definition) is 2. The number of rotatable bonds is 6. The Labute approximate surface area is 113 Å². The molecule has 3 atom stereocenters. The summed E-state index contributed by atoms with van der Waals surface area (Å²) in [6.45, 7) is 3.11. The summed E-state index contributed by atoms with van der Waals surface area (Å²) in [7, 11) is 0.541. The van der Waals surface area contributed by atoms with E-state index in [1.807, 2.05) is 0 Å². The van der Waals surface area contributed by atoms with Crippen LogP contribution in [0.4, 0.5) is 0 Å². The lowest BCUT2D eigenvalue weighted by atomic mass is 10.1. The van der Waals surface area contributed by atoms with Gasteiger partial charge in [0.05, 0.1) is 5.25 Å². The smallest absolute Gasteiger partial charge is 0.232 e. The fourth-order valence-electron chi connectivity index (χ4n) is 2.46. The summed E-state index contributed by atoms with van der Waals surface area (Å²) in [6.07, 6.45) is 6.71. The Morgan fingerprint density at radius 2 is 2.00 bits per heavy atom. The lowest BCUT2D eigenvalue weighted by Gasteiger charge is -2.25. The molecule has 4 nitrogen and oxygen atoms in total. The van der Waals surface area contributed by atoms with Gasteiger partial charge in [-0.15, -0.1) is 0 Å². The van der Waals surface area contributed by atoms with E-state index < -0.39 is 10.8 Å². The van der Waals surface area contributed by atoms with Crippen LogP contribution in [0, 0.1) is 0 Å². The van der Waals surface area contributed by atoms with Gasteiger partial charge in [0.2, 0.25) is 5.91 Å². The Bertz CT molecular complexity index is 284. The Morgan fingerprint density at radius 1 is 1.28 bits per heavy atom. The topological polar surface area (TPSA) is 58.2 Å². The summed E-state index contributed by atoms with van der Waals surface area (Å²) in [5, 5.41) is 6.20. The fraction of sp³-hybridized carbons (Fsp3) is 0.923. The molecule has 18 heavy (non-hydrogen) atoms. The first-order chi connectivity index (χ1) is 8.69. The standard InChI is InChI=1S/C13H26N2O2S/c1-3-9-15-11-7-5-4-6-8-12(11)18(17)10-13(16)14-2/h11-12,15H,3-10H2,1-2H3,(H,14,16). The van der Waals surface area contributed by atoms with Crippen LogP contribution in [0.5, 0.6) is 0 Å². The van der Waals surface area contributed by atoms with Crippen LogP contribution in [-0.2, 0) is 15.6 Å². The van der Waals surface area contributed by atoms with Crippen LogP contribution in [-0.4, -0.2) is 40.8 Å². The summed E-state index contributed by atoms with van der Waals surface area (Å²) in [5.74, 6) is 0.0256. The highest BCUT2D eigenvalue weighted by atomic mass is 32.2.